The number of carbonyl (C=O) groups excluding carboxylic acids is 1. The Morgan fingerprint density at radius 2 is 2.19 bits per heavy atom. The Morgan fingerprint density at radius 1 is 1.43 bits per heavy atom. The van der Waals surface area contributed by atoms with Gasteiger partial charge in [0, 0.05) is 37.5 Å². The lowest BCUT2D eigenvalue weighted by Crippen LogP contribution is -2.28. The van der Waals surface area contributed by atoms with E-state index in [1.54, 1.807) is 10.9 Å². The minimum atomic E-state index is -0.139. The van der Waals surface area contributed by atoms with Gasteiger partial charge >= 0.3 is 0 Å². The molecule has 0 bridgehead atoms. The molecule has 2 N–H and O–H groups in total. The summed E-state index contributed by atoms with van der Waals surface area (Å²) in [6, 6.07) is 1.90. The average molecular weight is 288 g/mol. The number of nitrogens with one attached hydrogen (secondary N) is 2. The van der Waals surface area contributed by atoms with Crippen molar-refractivity contribution in [2.75, 3.05) is 0 Å². The van der Waals surface area contributed by atoms with Gasteiger partial charge in [0.25, 0.3) is 5.56 Å². The maximum Gasteiger partial charge on any atom is 0.253 e. The molecule has 0 aliphatic carbocycles. The van der Waals surface area contributed by atoms with Crippen LogP contribution in [-0.2, 0) is 24.8 Å². The molecule has 0 aliphatic heterocycles. The molecular formula is C15H20N4O2. The summed E-state index contributed by atoms with van der Waals surface area (Å²) in [6.45, 7) is 3.97. The number of rotatable bonds is 5. The third-order valence-corrected chi connectivity index (χ3v) is 3.36. The maximum atomic E-state index is 11.8. The Labute approximate surface area is 123 Å². The zero-order chi connectivity index (χ0) is 15.4. The van der Waals surface area contributed by atoms with Gasteiger partial charge in [-0.05, 0) is 37.5 Å². The number of pyridine rings is 1. The molecule has 0 spiro atoms. The van der Waals surface area contributed by atoms with E-state index in [0.29, 0.717) is 18.4 Å². The van der Waals surface area contributed by atoms with Gasteiger partial charge in [-0.15, -0.1) is 0 Å². The Balaban J connectivity index is 1.88. The number of nitrogens with zero attached hydrogens (tertiary/aromatic N) is 2. The van der Waals surface area contributed by atoms with E-state index in [0.717, 1.165) is 16.8 Å². The van der Waals surface area contributed by atoms with Gasteiger partial charge in [-0.25, -0.2) is 0 Å². The van der Waals surface area contributed by atoms with Crippen molar-refractivity contribution in [1.29, 1.82) is 0 Å². The van der Waals surface area contributed by atoms with Crippen LogP contribution in [0.3, 0.4) is 0 Å². The molecule has 0 fully saturated rings. The second-order valence-corrected chi connectivity index (χ2v) is 5.24. The number of carbonyl (C=O) groups is 1. The minimum absolute atomic E-state index is 0.0711. The molecule has 21 heavy (non-hydrogen) atoms. The van der Waals surface area contributed by atoms with Gasteiger partial charge in [0.05, 0.1) is 6.20 Å². The van der Waals surface area contributed by atoms with Crippen molar-refractivity contribution < 1.29 is 4.79 Å². The molecule has 112 valence electrons. The Morgan fingerprint density at radius 3 is 2.81 bits per heavy atom. The molecule has 2 aromatic rings. The number of aromatic amines is 1. The van der Waals surface area contributed by atoms with E-state index < -0.39 is 0 Å². The Hall–Kier alpha value is -2.37. The van der Waals surface area contributed by atoms with Gasteiger partial charge in [0.15, 0.2) is 0 Å². The fourth-order valence-electron chi connectivity index (χ4n) is 2.24. The first-order valence-electron chi connectivity index (χ1n) is 6.89. The van der Waals surface area contributed by atoms with Crippen molar-refractivity contribution in [2.24, 2.45) is 7.05 Å². The summed E-state index contributed by atoms with van der Waals surface area (Å²) < 4.78 is 1.71. The van der Waals surface area contributed by atoms with E-state index in [9.17, 15) is 9.59 Å². The third-order valence-electron chi connectivity index (χ3n) is 3.36. The molecule has 0 atom stereocenters. The number of hydrogen-bond donors (Lipinski definition) is 2. The predicted molar refractivity (Wildman–Crippen MR) is 79.9 cm³/mol. The SMILES string of the molecule is Cc1cc(C)c(CNC(=O)CCc2cnn(C)c2)c(=O)[nH]1. The fraction of sp³-hybridized carbons (Fsp3) is 0.400. The van der Waals surface area contributed by atoms with Crippen LogP contribution in [0.2, 0.25) is 0 Å². The molecule has 0 saturated carbocycles. The molecular weight excluding hydrogens is 268 g/mol. The molecule has 0 aromatic carbocycles. The summed E-state index contributed by atoms with van der Waals surface area (Å²) in [5, 5.41) is 6.85. The molecule has 0 radical (unpaired) electrons. The van der Waals surface area contributed by atoms with Crippen LogP contribution >= 0.6 is 0 Å². The van der Waals surface area contributed by atoms with Gasteiger partial charge in [0.2, 0.25) is 5.91 Å². The van der Waals surface area contributed by atoms with Gasteiger partial charge < -0.3 is 10.3 Å². The molecule has 0 unspecified atom stereocenters. The van der Waals surface area contributed by atoms with Crippen LogP contribution in [0.1, 0.15) is 28.8 Å². The van der Waals surface area contributed by atoms with Crippen LogP contribution in [-0.4, -0.2) is 20.7 Å². The van der Waals surface area contributed by atoms with Crippen molar-refractivity contribution in [3.8, 4) is 0 Å². The van der Waals surface area contributed by atoms with E-state index in [1.165, 1.54) is 0 Å². The third kappa shape index (κ3) is 4.05. The molecule has 2 aromatic heterocycles. The highest BCUT2D eigenvalue weighted by Gasteiger charge is 2.08. The van der Waals surface area contributed by atoms with Crippen molar-refractivity contribution >= 4 is 5.91 Å². The van der Waals surface area contributed by atoms with Crippen LogP contribution < -0.4 is 10.9 Å². The van der Waals surface area contributed by atoms with E-state index >= 15 is 0 Å². The first kappa shape index (κ1) is 15.0. The Kier molecular flexibility index (Phi) is 4.57. The molecule has 0 saturated heterocycles. The summed E-state index contributed by atoms with van der Waals surface area (Å²) in [6.07, 6.45) is 4.67. The first-order valence-corrected chi connectivity index (χ1v) is 6.89. The number of H-pyrrole nitrogens is 1. The van der Waals surface area contributed by atoms with Gasteiger partial charge in [0.1, 0.15) is 0 Å². The number of hydrogen-bond acceptors (Lipinski definition) is 3. The van der Waals surface area contributed by atoms with Crippen LogP contribution in [0.25, 0.3) is 0 Å². The summed E-state index contributed by atoms with van der Waals surface area (Å²) >= 11 is 0. The normalized spacial score (nSPS) is 10.6. The van der Waals surface area contributed by atoms with Crippen molar-refractivity contribution in [3.05, 3.63) is 51.2 Å². The van der Waals surface area contributed by atoms with Crippen LogP contribution in [0.5, 0.6) is 0 Å². The van der Waals surface area contributed by atoms with Gasteiger partial charge in [-0.2, -0.15) is 5.10 Å². The molecule has 1 amide bonds. The van der Waals surface area contributed by atoms with Crippen LogP contribution in [0.15, 0.2) is 23.3 Å². The largest absolute Gasteiger partial charge is 0.352 e. The molecule has 0 aliphatic rings. The minimum Gasteiger partial charge on any atom is -0.352 e. The van der Waals surface area contributed by atoms with Crippen LogP contribution in [0, 0.1) is 13.8 Å². The van der Waals surface area contributed by atoms with E-state index in [1.807, 2.05) is 33.2 Å². The monoisotopic (exact) mass is 288 g/mol. The Bertz CT molecular complexity index is 700. The summed E-state index contributed by atoms with van der Waals surface area (Å²) in [5.41, 5.74) is 3.21. The quantitative estimate of drug-likeness (QED) is 0.860. The molecule has 2 heterocycles. The van der Waals surface area contributed by atoms with E-state index in [2.05, 4.69) is 15.4 Å². The molecule has 6 nitrogen and oxygen atoms in total. The van der Waals surface area contributed by atoms with E-state index in [4.69, 9.17) is 0 Å². The number of aromatic nitrogens is 3. The number of amides is 1. The van der Waals surface area contributed by atoms with E-state index in [-0.39, 0.29) is 18.0 Å². The topological polar surface area (TPSA) is 79.8 Å². The standard InChI is InChI=1S/C15H20N4O2/c1-10-6-11(2)18-15(21)13(10)8-16-14(20)5-4-12-7-17-19(3)9-12/h6-7,9H,4-5,8H2,1-3H3,(H,16,20)(H,18,21). The van der Waals surface area contributed by atoms with Gasteiger partial charge in [-0.3, -0.25) is 14.3 Å². The smallest absolute Gasteiger partial charge is 0.253 e. The van der Waals surface area contributed by atoms with Gasteiger partial charge in [-0.1, -0.05) is 0 Å². The van der Waals surface area contributed by atoms with Crippen molar-refractivity contribution in [2.45, 2.75) is 33.2 Å². The first-order chi connectivity index (χ1) is 9.95. The average Bonchev–Trinajstić information content (AvgIpc) is 2.81. The molecule has 6 heteroatoms. The predicted octanol–water partition coefficient (Wildman–Crippen LogP) is 0.974. The highest BCUT2D eigenvalue weighted by atomic mass is 16.1. The summed E-state index contributed by atoms with van der Waals surface area (Å²) in [5.74, 6) is -0.0711. The lowest BCUT2D eigenvalue weighted by molar-refractivity contribution is -0.121. The van der Waals surface area contributed by atoms with Crippen LogP contribution in [0.4, 0.5) is 0 Å². The lowest BCUT2D eigenvalue weighted by atomic mass is 10.1. The maximum absolute atomic E-state index is 11.8. The highest BCUT2D eigenvalue weighted by molar-refractivity contribution is 5.76. The van der Waals surface area contributed by atoms with Crippen molar-refractivity contribution in [1.82, 2.24) is 20.1 Å². The molecule has 2 rings (SSSR count). The summed E-state index contributed by atoms with van der Waals surface area (Å²) in [7, 11) is 1.84. The lowest BCUT2D eigenvalue weighted by Gasteiger charge is -2.07. The highest BCUT2D eigenvalue weighted by Crippen LogP contribution is 2.04. The second kappa shape index (κ2) is 6.39. The van der Waals surface area contributed by atoms with Crippen molar-refractivity contribution in [3.63, 3.8) is 0 Å². The second-order valence-electron chi connectivity index (χ2n) is 5.24. The number of aryl methyl sites for hydroxylation is 4. The summed E-state index contributed by atoms with van der Waals surface area (Å²) in [4.78, 5) is 26.4. The fourth-order valence-corrected chi connectivity index (χ4v) is 2.24. The zero-order valence-corrected chi connectivity index (χ0v) is 12.6. The zero-order valence-electron chi connectivity index (χ0n) is 12.6.